The molecule has 2 aromatic rings. The first kappa shape index (κ1) is 18.0. The van der Waals surface area contributed by atoms with Crippen LogP contribution in [0.3, 0.4) is 0 Å². The Labute approximate surface area is 160 Å². The highest BCUT2D eigenvalue weighted by Crippen LogP contribution is 2.33. The van der Waals surface area contributed by atoms with Crippen molar-refractivity contribution in [3.8, 4) is 11.5 Å². The fourth-order valence-electron chi connectivity index (χ4n) is 3.41. The number of aromatic nitrogens is 1. The molecule has 0 radical (unpaired) electrons. The molecule has 0 aliphatic carbocycles. The van der Waals surface area contributed by atoms with E-state index < -0.39 is 18.1 Å². The predicted octanol–water partition coefficient (Wildman–Crippen LogP) is 1.38. The van der Waals surface area contributed by atoms with Crippen LogP contribution in [0, 0.1) is 0 Å². The second-order valence-corrected chi connectivity index (χ2v) is 6.71. The van der Waals surface area contributed by atoms with Gasteiger partial charge in [0.15, 0.2) is 0 Å². The normalized spacial score (nSPS) is 17.1. The number of benzene rings is 1. The predicted molar refractivity (Wildman–Crippen MR) is 97.0 cm³/mol. The molecule has 8 nitrogen and oxygen atoms in total. The van der Waals surface area contributed by atoms with E-state index in [4.69, 9.17) is 9.47 Å². The SMILES string of the molecule is COc1ccc2c(c1)C(=O)N(CC(O)(C(=O)O)C1=CCc3cnccc3O1)C2. The molecule has 28 heavy (non-hydrogen) atoms. The Balaban J connectivity index is 1.60. The lowest BCUT2D eigenvalue weighted by Gasteiger charge is -2.32. The van der Waals surface area contributed by atoms with Crippen LogP contribution in [0.4, 0.5) is 0 Å². The lowest BCUT2D eigenvalue weighted by atomic mass is 9.97. The standard InChI is InChI=1S/C20H18N2O6/c1-27-14-4-2-13-10-22(18(23)15(13)8-14)11-20(26,19(24)25)17-5-3-12-9-21-7-6-16(12)28-17/h2,4-9,26H,3,10-11H2,1H3,(H,24,25). The number of carbonyl (C=O) groups excluding carboxylic acids is 1. The van der Waals surface area contributed by atoms with Crippen molar-refractivity contribution in [2.24, 2.45) is 0 Å². The third-order valence-electron chi connectivity index (χ3n) is 4.96. The molecule has 0 spiro atoms. The summed E-state index contributed by atoms with van der Waals surface area (Å²) in [5.41, 5.74) is -0.408. The maximum atomic E-state index is 12.7. The number of allylic oxidation sites excluding steroid dienone is 1. The Bertz CT molecular complexity index is 1000. The first-order chi connectivity index (χ1) is 13.4. The van der Waals surface area contributed by atoms with Gasteiger partial charge >= 0.3 is 5.97 Å². The summed E-state index contributed by atoms with van der Waals surface area (Å²) in [6.07, 6.45) is 5.03. The zero-order valence-corrected chi connectivity index (χ0v) is 15.1. The van der Waals surface area contributed by atoms with Gasteiger partial charge in [-0.1, -0.05) is 6.07 Å². The number of pyridine rings is 1. The van der Waals surface area contributed by atoms with Gasteiger partial charge in [0.05, 0.1) is 13.7 Å². The zero-order valence-electron chi connectivity index (χ0n) is 15.1. The highest BCUT2D eigenvalue weighted by Gasteiger charge is 2.47. The molecule has 4 rings (SSSR count). The van der Waals surface area contributed by atoms with E-state index in [0.29, 0.717) is 23.5 Å². The topological polar surface area (TPSA) is 109 Å². The first-order valence-corrected chi connectivity index (χ1v) is 8.65. The van der Waals surface area contributed by atoms with Crippen molar-refractivity contribution in [1.29, 1.82) is 0 Å². The van der Waals surface area contributed by atoms with Gasteiger partial charge in [0.2, 0.25) is 5.60 Å². The van der Waals surface area contributed by atoms with Crippen molar-refractivity contribution in [2.45, 2.75) is 18.6 Å². The quantitative estimate of drug-likeness (QED) is 0.804. The molecular formula is C20H18N2O6. The van der Waals surface area contributed by atoms with Gasteiger partial charge in [-0.3, -0.25) is 9.78 Å². The molecule has 8 heteroatoms. The van der Waals surface area contributed by atoms with Gasteiger partial charge in [-0.2, -0.15) is 0 Å². The van der Waals surface area contributed by atoms with Gasteiger partial charge in [-0.15, -0.1) is 0 Å². The number of carboxylic acid groups (broad SMARTS) is 1. The molecule has 2 aliphatic rings. The van der Waals surface area contributed by atoms with Crippen LogP contribution in [0.1, 0.15) is 21.5 Å². The molecule has 0 bridgehead atoms. The smallest absolute Gasteiger partial charge is 0.345 e. The van der Waals surface area contributed by atoms with Gasteiger partial charge in [0.25, 0.3) is 5.91 Å². The number of nitrogens with zero attached hydrogens (tertiary/aromatic N) is 2. The number of methoxy groups -OCH3 is 1. The molecule has 3 heterocycles. The monoisotopic (exact) mass is 382 g/mol. The maximum Gasteiger partial charge on any atom is 0.345 e. The fourth-order valence-corrected chi connectivity index (χ4v) is 3.41. The van der Waals surface area contributed by atoms with Gasteiger partial charge in [-0.25, -0.2) is 4.79 Å². The number of amides is 1. The minimum Gasteiger partial charge on any atom is -0.497 e. The number of hydrogen-bond donors (Lipinski definition) is 2. The van der Waals surface area contributed by atoms with Crippen LogP contribution < -0.4 is 9.47 Å². The molecule has 144 valence electrons. The average Bonchev–Trinajstić information content (AvgIpc) is 3.02. The summed E-state index contributed by atoms with van der Waals surface area (Å²) in [6.45, 7) is -0.244. The van der Waals surface area contributed by atoms with Gasteiger partial charge < -0.3 is 24.6 Å². The number of aliphatic carboxylic acids is 1. The minimum atomic E-state index is -2.37. The fraction of sp³-hybridized carbons (Fsp3) is 0.250. The van der Waals surface area contributed by atoms with E-state index in [1.54, 1.807) is 30.5 Å². The molecule has 1 amide bonds. The summed E-state index contributed by atoms with van der Waals surface area (Å²) in [5, 5.41) is 20.7. The molecule has 2 N–H and O–H groups in total. The van der Waals surface area contributed by atoms with Crippen LogP contribution in [0.2, 0.25) is 0 Å². The van der Waals surface area contributed by atoms with E-state index in [1.807, 2.05) is 0 Å². The number of carbonyl (C=O) groups is 2. The van der Waals surface area contributed by atoms with E-state index >= 15 is 0 Å². The van der Waals surface area contributed by atoms with Gasteiger partial charge in [0.1, 0.15) is 17.3 Å². The van der Waals surface area contributed by atoms with E-state index in [-0.39, 0.29) is 18.2 Å². The van der Waals surface area contributed by atoms with Gasteiger partial charge in [0, 0.05) is 30.1 Å². The molecule has 0 saturated carbocycles. The number of rotatable bonds is 5. The molecule has 1 aromatic heterocycles. The number of aliphatic hydroxyl groups is 1. The van der Waals surface area contributed by atoms with Crippen LogP contribution in [0.5, 0.6) is 11.5 Å². The van der Waals surface area contributed by atoms with Crippen molar-refractivity contribution in [2.75, 3.05) is 13.7 Å². The van der Waals surface area contributed by atoms with Crippen molar-refractivity contribution in [3.05, 3.63) is 65.2 Å². The summed E-state index contributed by atoms with van der Waals surface area (Å²) in [7, 11) is 1.50. The lowest BCUT2D eigenvalue weighted by Crippen LogP contribution is -2.52. The van der Waals surface area contributed by atoms with Gasteiger partial charge in [-0.05, 0) is 36.3 Å². The molecule has 0 saturated heterocycles. The summed E-state index contributed by atoms with van der Waals surface area (Å²) >= 11 is 0. The lowest BCUT2D eigenvalue weighted by molar-refractivity contribution is -0.158. The number of fused-ring (bicyclic) bond motifs is 2. The molecule has 1 unspecified atom stereocenters. The molecule has 1 aromatic carbocycles. The summed E-state index contributed by atoms with van der Waals surface area (Å²) in [4.78, 5) is 30.0. The number of carboxylic acids is 1. The van der Waals surface area contributed by atoms with Crippen LogP contribution in [0.25, 0.3) is 0 Å². The summed E-state index contributed by atoms with van der Waals surface area (Å²) in [5.74, 6) is -0.994. The van der Waals surface area contributed by atoms with Crippen LogP contribution >= 0.6 is 0 Å². The molecule has 0 fully saturated rings. The number of β-amino-alcohol motifs (C(OH)–C–C–N with tert-alkyl or cyclic N) is 1. The maximum absolute atomic E-state index is 12.7. The van der Waals surface area contributed by atoms with Crippen LogP contribution in [-0.4, -0.2) is 51.2 Å². The number of hydrogen-bond acceptors (Lipinski definition) is 6. The third kappa shape index (κ3) is 2.87. The van der Waals surface area contributed by atoms with Crippen molar-refractivity contribution in [1.82, 2.24) is 9.88 Å². The van der Waals surface area contributed by atoms with Crippen LogP contribution in [-0.2, 0) is 17.8 Å². The zero-order chi connectivity index (χ0) is 19.9. The molecule has 2 aliphatic heterocycles. The van der Waals surface area contributed by atoms with E-state index in [0.717, 1.165) is 11.1 Å². The van der Waals surface area contributed by atoms with E-state index in [9.17, 15) is 19.8 Å². The Morgan fingerprint density at radius 3 is 2.93 bits per heavy atom. The van der Waals surface area contributed by atoms with E-state index in [2.05, 4.69) is 4.98 Å². The molecule has 1 atom stereocenters. The number of ether oxygens (including phenoxy) is 2. The van der Waals surface area contributed by atoms with E-state index in [1.165, 1.54) is 24.3 Å². The van der Waals surface area contributed by atoms with Crippen LogP contribution in [0.15, 0.2) is 48.5 Å². The largest absolute Gasteiger partial charge is 0.497 e. The highest BCUT2D eigenvalue weighted by atomic mass is 16.5. The third-order valence-corrected chi connectivity index (χ3v) is 4.96. The minimum absolute atomic E-state index is 0.111. The highest BCUT2D eigenvalue weighted by molar-refractivity contribution is 5.99. The van der Waals surface area contributed by atoms with Crippen molar-refractivity contribution >= 4 is 11.9 Å². The summed E-state index contributed by atoms with van der Waals surface area (Å²) < 4.78 is 10.8. The Morgan fingerprint density at radius 1 is 1.36 bits per heavy atom. The van der Waals surface area contributed by atoms with Crippen molar-refractivity contribution < 1.29 is 29.3 Å². The Hall–Kier alpha value is -3.39. The Kier molecular flexibility index (Phi) is 4.27. The second kappa shape index (κ2) is 6.65. The first-order valence-electron chi connectivity index (χ1n) is 8.65. The summed E-state index contributed by atoms with van der Waals surface area (Å²) in [6, 6.07) is 6.70. The second-order valence-electron chi connectivity index (χ2n) is 6.71. The average molecular weight is 382 g/mol. The molecular weight excluding hydrogens is 364 g/mol. The van der Waals surface area contributed by atoms with Crippen molar-refractivity contribution in [3.63, 3.8) is 0 Å². The Morgan fingerprint density at radius 2 is 2.18 bits per heavy atom.